The van der Waals surface area contributed by atoms with Crippen LogP contribution in [-0.2, 0) is 27.7 Å². The van der Waals surface area contributed by atoms with Gasteiger partial charge >= 0.3 is 0 Å². The van der Waals surface area contributed by atoms with Crippen molar-refractivity contribution in [1.82, 2.24) is 14.5 Å². The Morgan fingerprint density at radius 2 is 1.82 bits per heavy atom. The highest BCUT2D eigenvalue weighted by atomic mass is 32.2. The third kappa shape index (κ3) is 5.23. The van der Waals surface area contributed by atoms with Gasteiger partial charge in [0.2, 0.25) is 5.91 Å². The molecule has 1 amide bonds. The number of carbonyl (C=O) groups is 1. The summed E-state index contributed by atoms with van der Waals surface area (Å²) in [6, 6.07) is 12.9. The number of anilines is 2. The van der Waals surface area contributed by atoms with Crippen LogP contribution in [0, 0.1) is 12.7 Å². The van der Waals surface area contributed by atoms with E-state index >= 15 is 0 Å². The molecule has 0 aliphatic carbocycles. The topological polar surface area (TPSA) is 110 Å². The number of imidazole rings is 1. The van der Waals surface area contributed by atoms with Gasteiger partial charge in [0.15, 0.2) is 0 Å². The Balaban J connectivity index is 1.67. The molecule has 3 aromatic rings. The number of carbonyl (C=O) groups excluding carboxylic acids is 1. The highest BCUT2D eigenvalue weighted by Crippen LogP contribution is 2.33. The molecule has 33 heavy (non-hydrogen) atoms. The minimum Gasteiger partial charge on any atom is -0.340 e. The first-order valence-electron chi connectivity index (χ1n) is 10.5. The van der Waals surface area contributed by atoms with Gasteiger partial charge in [-0.1, -0.05) is 17.7 Å². The number of halogens is 1. The number of benzene rings is 2. The van der Waals surface area contributed by atoms with E-state index in [1.54, 1.807) is 12.1 Å². The lowest BCUT2D eigenvalue weighted by molar-refractivity contribution is -0.133. The second-order valence-corrected chi connectivity index (χ2v) is 10.5. The third-order valence-corrected chi connectivity index (χ3v) is 6.48. The molecule has 1 aliphatic heterocycles. The summed E-state index contributed by atoms with van der Waals surface area (Å²) in [4.78, 5) is 19.0. The summed E-state index contributed by atoms with van der Waals surface area (Å²) in [6.07, 6.45) is 1.06. The fourth-order valence-corrected chi connectivity index (χ4v) is 4.66. The van der Waals surface area contributed by atoms with Crippen molar-refractivity contribution in [3.63, 3.8) is 0 Å². The number of nitrogens with zero attached hydrogens (tertiary/aromatic N) is 3. The molecule has 2 aromatic carbocycles. The van der Waals surface area contributed by atoms with Crippen molar-refractivity contribution >= 4 is 27.2 Å². The molecular weight excluding hydrogens is 445 g/mol. The van der Waals surface area contributed by atoms with Gasteiger partial charge in [0.25, 0.3) is 0 Å². The largest absolute Gasteiger partial charge is 0.340 e. The standard InChI is InChI=1S/C23H26FN5O3S/c1-15-3-9-18(10-4-15)26-22-21(16-5-7-17(24)8-6-16)27-20-13-28(11-12-29(20)22)23(30)19(25)14-33(2,31)32/h3-10,19,26H,11-14,25H2,1-2H3/t19-/m0/s1. The lowest BCUT2D eigenvalue weighted by atomic mass is 10.1. The minimum atomic E-state index is -3.38. The molecule has 1 aliphatic rings. The molecule has 174 valence electrons. The molecule has 0 radical (unpaired) electrons. The molecule has 1 aromatic heterocycles. The van der Waals surface area contributed by atoms with Gasteiger partial charge in [0.05, 0.1) is 18.3 Å². The summed E-state index contributed by atoms with van der Waals surface area (Å²) in [5.74, 6) is 0.208. The number of sulfone groups is 1. The fraction of sp³-hybridized carbons (Fsp3) is 0.304. The van der Waals surface area contributed by atoms with Crippen molar-refractivity contribution in [2.75, 3.05) is 23.9 Å². The number of fused-ring (bicyclic) bond motifs is 1. The fourth-order valence-electron chi connectivity index (χ4n) is 3.86. The SMILES string of the molecule is Cc1ccc(Nc2c(-c3ccc(F)cc3)nc3n2CCN(C(=O)[C@@H](N)CS(C)(=O)=O)C3)cc1. The average Bonchev–Trinajstić information content (AvgIpc) is 3.11. The summed E-state index contributed by atoms with van der Waals surface area (Å²) in [5, 5.41) is 3.42. The molecule has 4 rings (SSSR count). The van der Waals surface area contributed by atoms with Crippen LogP contribution in [0.15, 0.2) is 48.5 Å². The molecular formula is C23H26FN5O3S. The van der Waals surface area contributed by atoms with Crippen molar-refractivity contribution in [3.05, 3.63) is 65.7 Å². The highest BCUT2D eigenvalue weighted by Gasteiger charge is 2.30. The third-order valence-electron chi connectivity index (χ3n) is 5.52. The van der Waals surface area contributed by atoms with Gasteiger partial charge in [-0.2, -0.15) is 0 Å². The van der Waals surface area contributed by atoms with Crippen LogP contribution in [0.5, 0.6) is 0 Å². The van der Waals surface area contributed by atoms with E-state index in [1.807, 2.05) is 35.8 Å². The quantitative estimate of drug-likeness (QED) is 0.572. The Labute approximate surface area is 192 Å². The van der Waals surface area contributed by atoms with Crippen molar-refractivity contribution < 1.29 is 17.6 Å². The summed E-state index contributed by atoms with van der Waals surface area (Å²) in [5.41, 5.74) is 9.25. The van der Waals surface area contributed by atoms with E-state index in [0.717, 1.165) is 28.9 Å². The molecule has 1 atom stereocenters. The van der Waals surface area contributed by atoms with E-state index in [9.17, 15) is 17.6 Å². The second-order valence-electron chi connectivity index (χ2n) is 8.33. The van der Waals surface area contributed by atoms with Gasteiger partial charge < -0.3 is 20.5 Å². The van der Waals surface area contributed by atoms with Crippen LogP contribution in [0.3, 0.4) is 0 Å². The van der Waals surface area contributed by atoms with Crippen molar-refractivity contribution in [1.29, 1.82) is 0 Å². The van der Waals surface area contributed by atoms with Crippen LogP contribution < -0.4 is 11.1 Å². The maximum absolute atomic E-state index is 13.5. The maximum atomic E-state index is 13.5. The van der Waals surface area contributed by atoms with Crippen molar-refractivity contribution in [2.45, 2.75) is 26.1 Å². The summed E-state index contributed by atoms with van der Waals surface area (Å²) >= 11 is 0. The van der Waals surface area contributed by atoms with Gasteiger partial charge in [-0.3, -0.25) is 4.79 Å². The van der Waals surface area contributed by atoms with Crippen LogP contribution in [0.4, 0.5) is 15.9 Å². The van der Waals surface area contributed by atoms with Gasteiger partial charge in [0.1, 0.15) is 33.0 Å². The number of nitrogens with two attached hydrogens (primary N) is 1. The van der Waals surface area contributed by atoms with Gasteiger partial charge in [-0.15, -0.1) is 0 Å². The first kappa shape index (κ1) is 22.9. The molecule has 10 heteroatoms. The molecule has 0 saturated heterocycles. The molecule has 0 saturated carbocycles. The van der Waals surface area contributed by atoms with Crippen LogP contribution in [0.1, 0.15) is 11.4 Å². The molecule has 3 N–H and O–H groups in total. The van der Waals surface area contributed by atoms with E-state index in [0.29, 0.717) is 24.6 Å². The van der Waals surface area contributed by atoms with E-state index in [2.05, 4.69) is 5.32 Å². The Kier molecular flexibility index (Phi) is 6.22. The van der Waals surface area contributed by atoms with E-state index in [-0.39, 0.29) is 12.4 Å². The van der Waals surface area contributed by atoms with Crippen molar-refractivity contribution in [3.8, 4) is 11.3 Å². The number of hydrogen-bond acceptors (Lipinski definition) is 6. The first-order chi connectivity index (χ1) is 15.6. The van der Waals surface area contributed by atoms with Crippen LogP contribution in [0.25, 0.3) is 11.3 Å². The number of hydrogen-bond donors (Lipinski definition) is 2. The maximum Gasteiger partial charge on any atom is 0.241 e. The van der Waals surface area contributed by atoms with Gasteiger partial charge in [-0.05, 0) is 43.3 Å². The summed E-state index contributed by atoms with van der Waals surface area (Å²) in [7, 11) is -3.38. The average molecular weight is 472 g/mol. The lowest BCUT2D eigenvalue weighted by Gasteiger charge is -2.30. The molecule has 0 spiro atoms. The molecule has 2 heterocycles. The van der Waals surface area contributed by atoms with E-state index in [4.69, 9.17) is 10.7 Å². The highest BCUT2D eigenvalue weighted by molar-refractivity contribution is 7.90. The van der Waals surface area contributed by atoms with Crippen molar-refractivity contribution in [2.24, 2.45) is 5.73 Å². The molecule has 0 unspecified atom stereocenters. The first-order valence-corrected chi connectivity index (χ1v) is 12.6. The van der Waals surface area contributed by atoms with E-state index in [1.165, 1.54) is 17.0 Å². The second kappa shape index (κ2) is 8.95. The molecule has 0 bridgehead atoms. The summed E-state index contributed by atoms with van der Waals surface area (Å²) in [6.45, 7) is 3.02. The Bertz CT molecular complexity index is 1270. The van der Waals surface area contributed by atoms with E-state index < -0.39 is 27.5 Å². The number of aryl methyl sites for hydroxylation is 1. The Morgan fingerprint density at radius 3 is 2.45 bits per heavy atom. The predicted molar refractivity (Wildman–Crippen MR) is 125 cm³/mol. The Hall–Kier alpha value is -3.24. The smallest absolute Gasteiger partial charge is 0.241 e. The lowest BCUT2D eigenvalue weighted by Crippen LogP contribution is -2.49. The van der Waals surface area contributed by atoms with Gasteiger partial charge in [0, 0.05) is 30.6 Å². The van der Waals surface area contributed by atoms with Crippen LogP contribution >= 0.6 is 0 Å². The van der Waals surface area contributed by atoms with Crippen LogP contribution in [-0.4, -0.2) is 53.4 Å². The minimum absolute atomic E-state index is 0.195. The zero-order chi connectivity index (χ0) is 23.8. The van der Waals surface area contributed by atoms with Gasteiger partial charge in [-0.25, -0.2) is 17.8 Å². The number of rotatable bonds is 6. The zero-order valence-corrected chi connectivity index (χ0v) is 19.3. The Morgan fingerprint density at radius 1 is 1.15 bits per heavy atom. The number of nitrogens with one attached hydrogen (secondary N) is 1. The zero-order valence-electron chi connectivity index (χ0n) is 18.5. The predicted octanol–water partition coefficient (Wildman–Crippen LogP) is 2.46. The normalized spacial score (nSPS) is 14.6. The number of amides is 1. The molecule has 0 fully saturated rings. The molecule has 8 nitrogen and oxygen atoms in total. The van der Waals surface area contributed by atoms with Crippen LogP contribution in [0.2, 0.25) is 0 Å². The monoisotopic (exact) mass is 471 g/mol. The summed E-state index contributed by atoms with van der Waals surface area (Å²) < 4.78 is 38.6. The number of aromatic nitrogens is 2.